The number of aryl methyl sites for hydroxylation is 2. The molecule has 0 radical (unpaired) electrons. The summed E-state index contributed by atoms with van der Waals surface area (Å²) in [6, 6.07) is 13.2. The summed E-state index contributed by atoms with van der Waals surface area (Å²) in [6.45, 7) is 12.2. The Morgan fingerprint density at radius 2 is 1.74 bits per heavy atom. The molecule has 39 heavy (non-hydrogen) atoms. The summed E-state index contributed by atoms with van der Waals surface area (Å²) < 4.78 is 6.35. The van der Waals surface area contributed by atoms with E-state index in [4.69, 9.17) is 14.7 Å². The summed E-state index contributed by atoms with van der Waals surface area (Å²) in [5.74, 6) is 1.92. The van der Waals surface area contributed by atoms with Crippen LogP contribution in [0.4, 0.5) is 28.8 Å². The number of anilines is 5. The fourth-order valence-electron chi connectivity index (χ4n) is 5.24. The van der Waals surface area contributed by atoms with E-state index in [9.17, 15) is 0 Å². The van der Waals surface area contributed by atoms with Crippen LogP contribution in [0.2, 0.25) is 0 Å². The minimum atomic E-state index is -0.384. The molecule has 0 unspecified atom stereocenters. The molecule has 3 heterocycles. The summed E-state index contributed by atoms with van der Waals surface area (Å²) >= 11 is 3.66. The fourth-order valence-corrected chi connectivity index (χ4v) is 6.81. The number of morpholine rings is 1. The van der Waals surface area contributed by atoms with Crippen molar-refractivity contribution in [1.29, 1.82) is 0 Å². The number of aromatic nitrogens is 3. The number of fused-ring (bicyclic) bond motifs is 1. The lowest BCUT2D eigenvalue weighted by atomic mass is 10.1. The van der Waals surface area contributed by atoms with Gasteiger partial charge in [-0.15, -0.1) is 0 Å². The minimum absolute atomic E-state index is 0.384. The SMILES string of the molecule is Cc1cc(N2CCOCC2)c(C)cc1Nc1ncc(Br)c(Nc2ccc3nc(C4CC4)ccc3c2P(C)C)n1. The third kappa shape index (κ3) is 5.60. The Hall–Kier alpha value is -2.80. The van der Waals surface area contributed by atoms with Crippen LogP contribution in [-0.4, -0.2) is 54.6 Å². The van der Waals surface area contributed by atoms with Gasteiger partial charge in [0.05, 0.1) is 23.2 Å². The molecule has 6 rings (SSSR count). The van der Waals surface area contributed by atoms with Gasteiger partial charge in [0.1, 0.15) is 5.82 Å². The third-order valence-corrected chi connectivity index (χ3v) is 9.40. The van der Waals surface area contributed by atoms with E-state index in [1.807, 2.05) is 0 Å². The summed E-state index contributed by atoms with van der Waals surface area (Å²) in [6.07, 6.45) is 4.32. The molecule has 2 N–H and O–H groups in total. The van der Waals surface area contributed by atoms with Gasteiger partial charge in [-0.05, 0) is 97.4 Å². The standard InChI is InChI=1S/C30H34BrN6OP/c1-18-16-27(37-11-13-38-14-12-37)19(2)15-26(18)35-30-32-17-22(31)29(36-30)34-25-10-9-24-21(28(25)39(3)4)7-8-23(33-24)20-5-6-20/h7-10,15-17,20H,5-6,11-14H2,1-4H3,(H2,32,34,35,36). The van der Waals surface area contributed by atoms with Crippen molar-refractivity contribution in [2.45, 2.75) is 32.6 Å². The van der Waals surface area contributed by atoms with Gasteiger partial charge in [-0.2, -0.15) is 4.98 Å². The van der Waals surface area contributed by atoms with E-state index in [-0.39, 0.29) is 7.92 Å². The molecular formula is C30H34BrN6OP. The second-order valence-electron chi connectivity index (χ2n) is 10.6. The fraction of sp³-hybridized carbons (Fsp3) is 0.367. The number of benzene rings is 2. The van der Waals surface area contributed by atoms with E-state index < -0.39 is 0 Å². The number of nitrogens with zero attached hydrogens (tertiary/aromatic N) is 4. The van der Waals surface area contributed by atoms with Gasteiger partial charge in [-0.3, -0.25) is 4.98 Å². The number of hydrogen-bond donors (Lipinski definition) is 2. The quantitative estimate of drug-likeness (QED) is 0.221. The maximum Gasteiger partial charge on any atom is 0.229 e. The average Bonchev–Trinajstić information content (AvgIpc) is 3.78. The van der Waals surface area contributed by atoms with Crippen LogP contribution in [0.15, 0.2) is 47.1 Å². The molecule has 4 aromatic rings. The number of halogens is 1. The number of hydrogen-bond acceptors (Lipinski definition) is 7. The topological polar surface area (TPSA) is 75.2 Å². The Bertz CT molecular complexity index is 1530. The van der Waals surface area contributed by atoms with Crippen LogP contribution < -0.4 is 20.8 Å². The molecular weight excluding hydrogens is 571 g/mol. The third-order valence-electron chi connectivity index (χ3n) is 7.45. The first-order valence-electron chi connectivity index (χ1n) is 13.5. The summed E-state index contributed by atoms with van der Waals surface area (Å²) in [4.78, 5) is 16.8. The number of nitrogens with one attached hydrogen (secondary N) is 2. The Labute approximate surface area is 239 Å². The lowest BCUT2D eigenvalue weighted by Gasteiger charge is -2.31. The summed E-state index contributed by atoms with van der Waals surface area (Å²) in [5, 5.41) is 9.58. The number of pyridine rings is 1. The normalized spacial score (nSPS) is 15.7. The predicted octanol–water partition coefficient (Wildman–Crippen LogP) is 6.97. The molecule has 2 aromatic heterocycles. The molecule has 2 fully saturated rings. The van der Waals surface area contributed by atoms with Crippen molar-refractivity contribution in [1.82, 2.24) is 15.0 Å². The maximum absolute atomic E-state index is 5.53. The van der Waals surface area contributed by atoms with Crippen LogP contribution in [-0.2, 0) is 4.74 Å². The molecule has 9 heteroatoms. The zero-order valence-electron chi connectivity index (χ0n) is 22.9. The molecule has 1 aliphatic carbocycles. The highest BCUT2D eigenvalue weighted by atomic mass is 79.9. The van der Waals surface area contributed by atoms with Crippen molar-refractivity contribution < 1.29 is 4.74 Å². The van der Waals surface area contributed by atoms with Crippen molar-refractivity contribution in [2.75, 3.05) is 55.2 Å². The van der Waals surface area contributed by atoms with Crippen LogP contribution in [0.25, 0.3) is 10.9 Å². The monoisotopic (exact) mass is 604 g/mol. The highest BCUT2D eigenvalue weighted by molar-refractivity contribution is 9.10. The highest BCUT2D eigenvalue weighted by Gasteiger charge is 2.25. The molecule has 1 aliphatic heterocycles. The molecule has 0 atom stereocenters. The summed E-state index contributed by atoms with van der Waals surface area (Å²) in [7, 11) is -0.384. The number of ether oxygens (including phenoxy) is 1. The van der Waals surface area contributed by atoms with Gasteiger partial charge in [-0.25, -0.2) is 4.98 Å². The maximum atomic E-state index is 5.53. The first-order valence-corrected chi connectivity index (χ1v) is 16.5. The molecule has 1 saturated carbocycles. The molecule has 2 aromatic carbocycles. The van der Waals surface area contributed by atoms with E-state index in [0.29, 0.717) is 11.9 Å². The van der Waals surface area contributed by atoms with Crippen LogP contribution >= 0.6 is 23.9 Å². The second kappa shape index (κ2) is 11.0. The highest BCUT2D eigenvalue weighted by Crippen LogP contribution is 2.41. The number of rotatable bonds is 7. The molecule has 0 spiro atoms. The Morgan fingerprint density at radius 3 is 2.49 bits per heavy atom. The average molecular weight is 606 g/mol. The van der Waals surface area contributed by atoms with Gasteiger partial charge >= 0.3 is 0 Å². The zero-order chi connectivity index (χ0) is 27.1. The Balaban J connectivity index is 1.28. The lowest BCUT2D eigenvalue weighted by molar-refractivity contribution is 0.122. The van der Waals surface area contributed by atoms with E-state index in [2.05, 4.69) is 100 Å². The van der Waals surface area contributed by atoms with Crippen molar-refractivity contribution in [3.63, 3.8) is 0 Å². The molecule has 0 bridgehead atoms. The van der Waals surface area contributed by atoms with Gasteiger partial charge in [-0.1, -0.05) is 14.0 Å². The van der Waals surface area contributed by atoms with Gasteiger partial charge in [0.2, 0.25) is 5.95 Å². The van der Waals surface area contributed by atoms with E-state index in [1.165, 1.54) is 40.5 Å². The van der Waals surface area contributed by atoms with Gasteiger partial charge in [0.25, 0.3) is 0 Å². The van der Waals surface area contributed by atoms with E-state index >= 15 is 0 Å². The van der Waals surface area contributed by atoms with Crippen LogP contribution in [0.1, 0.15) is 35.6 Å². The zero-order valence-corrected chi connectivity index (χ0v) is 25.4. The predicted molar refractivity (Wildman–Crippen MR) is 167 cm³/mol. The largest absolute Gasteiger partial charge is 0.378 e. The van der Waals surface area contributed by atoms with Crippen molar-refractivity contribution in [2.24, 2.45) is 0 Å². The lowest BCUT2D eigenvalue weighted by Crippen LogP contribution is -2.36. The van der Waals surface area contributed by atoms with Crippen LogP contribution in [0.5, 0.6) is 0 Å². The van der Waals surface area contributed by atoms with Crippen molar-refractivity contribution in [3.05, 3.63) is 63.9 Å². The van der Waals surface area contributed by atoms with Crippen LogP contribution in [0, 0.1) is 13.8 Å². The minimum Gasteiger partial charge on any atom is -0.378 e. The van der Waals surface area contributed by atoms with Crippen molar-refractivity contribution in [3.8, 4) is 0 Å². The first kappa shape index (κ1) is 26.4. The van der Waals surface area contributed by atoms with Gasteiger partial charge in [0.15, 0.2) is 0 Å². The summed E-state index contributed by atoms with van der Waals surface area (Å²) in [5.41, 5.74) is 8.01. The van der Waals surface area contributed by atoms with E-state index in [0.717, 1.165) is 59.0 Å². The van der Waals surface area contributed by atoms with Crippen LogP contribution in [0.3, 0.4) is 0 Å². The molecule has 0 amide bonds. The molecule has 7 nitrogen and oxygen atoms in total. The van der Waals surface area contributed by atoms with E-state index in [1.54, 1.807) is 6.20 Å². The second-order valence-corrected chi connectivity index (χ2v) is 13.7. The Kier molecular flexibility index (Phi) is 7.45. The van der Waals surface area contributed by atoms with Gasteiger partial charge in [0, 0.05) is 58.7 Å². The molecule has 202 valence electrons. The smallest absolute Gasteiger partial charge is 0.229 e. The Morgan fingerprint density at radius 1 is 0.949 bits per heavy atom. The molecule has 2 aliphatic rings. The molecule has 1 saturated heterocycles. The van der Waals surface area contributed by atoms with Crippen molar-refractivity contribution >= 4 is 68.9 Å². The van der Waals surface area contributed by atoms with Gasteiger partial charge < -0.3 is 20.3 Å². The first-order chi connectivity index (χ1) is 18.9.